The van der Waals surface area contributed by atoms with Gasteiger partial charge < -0.3 is 10.1 Å². The molecule has 0 bridgehead atoms. The van der Waals surface area contributed by atoms with Gasteiger partial charge in [-0.2, -0.15) is 0 Å². The summed E-state index contributed by atoms with van der Waals surface area (Å²) in [6, 6.07) is 0.478. The molecule has 1 atom stereocenters. The predicted octanol–water partition coefficient (Wildman–Crippen LogP) is 2.64. The van der Waals surface area contributed by atoms with Crippen LogP contribution in [0.25, 0.3) is 0 Å². The van der Waals surface area contributed by atoms with Gasteiger partial charge in [0.1, 0.15) is 6.04 Å². The third-order valence-electron chi connectivity index (χ3n) is 4.32. The number of carbonyl (C=O) groups is 1. The number of methoxy groups -OCH3 is 1. The van der Waals surface area contributed by atoms with Gasteiger partial charge in [0.25, 0.3) is 0 Å². The molecule has 2 aliphatic carbocycles. The number of hydrogen-bond donors (Lipinski definition) is 1. The summed E-state index contributed by atoms with van der Waals surface area (Å²) in [5.41, 5.74) is 0. The average molecular weight is 239 g/mol. The van der Waals surface area contributed by atoms with Crippen molar-refractivity contribution in [3.63, 3.8) is 0 Å². The molecule has 1 N–H and O–H groups in total. The van der Waals surface area contributed by atoms with Crippen molar-refractivity contribution in [3.8, 4) is 0 Å². The molecule has 2 rings (SSSR count). The monoisotopic (exact) mass is 239 g/mol. The van der Waals surface area contributed by atoms with E-state index >= 15 is 0 Å². The normalized spacial score (nSPS) is 24.1. The van der Waals surface area contributed by atoms with Gasteiger partial charge in [-0.25, -0.2) is 0 Å². The van der Waals surface area contributed by atoms with E-state index < -0.39 is 0 Å². The lowest BCUT2D eigenvalue weighted by Gasteiger charge is -2.23. The Morgan fingerprint density at radius 1 is 1.18 bits per heavy atom. The van der Waals surface area contributed by atoms with Crippen molar-refractivity contribution in [2.45, 2.75) is 69.9 Å². The van der Waals surface area contributed by atoms with Crippen molar-refractivity contribution in [3.05, 3.63) is 0 Å². The highest BCUT2D eigenvalue weighted by Gasteiger charge is 2.28. The molecule has 0 aliphatic heterocycles. The van der Waals surface area contributed by atoms with Crippen LogP contribution >= 0.6 is 0 Å². The highest BCUT2D eigenvalue weighted by molar-refractivity contribution is 5.75. The molecule has 0 aromatic rings. The molecular weight excluding hydrogens is 214 g/mol. The van der Waals surface area contributed by atoms with Gasteiger partial charge in [0, 0.05) is 6.04 Å². The Kier molecular flexibility index (Phi) is 4.84. The predicted molar refractivity (Wildman–Crippen MR) is 67.8 cm³/mol. The number of carbonyl (C=O) groups excluding carboxylic acids is 1. The Balaban J connectivity index is 1.84. The molecule has 0 unspecified atom stereocenters. The zero-order valence-corrected chi connectivity index (χ0v) is 10.9. The van der Waals surface area contributed by atoms with Crippen molar-refractivity contribution >= 4 is 5.97 Å². The van der Waals surface area contributed by atoms with Crippen molar-refractivity contribution in [2.24, 2.45) is 5.92 Å². The molecule has 3 heteroatoms. The van der Waals surface area contributed by atoms with E-state index in [4.69, 9.17) is 4.74 Å². The molecule has 0 radical (unpaired) electrons. The summed E-state index contributed by atoms with van der Waals surface area (Å²) in [6.07, 6.45) is 11.3. The van der Waals surface area contributed by atoms with E-state index in [1.807, 2.05) is 0 Å². The minimum atomic E-state index is -0.0659. The lowest BCUT2D eigenvalue weighted by Crippen LogP contribution is -2.43. The Morgan fingerprint density at radius 2 is 1.76 bits per heavy atom. The summed E-state index contributed by atoms with van der Waals surface area (Å²) in [7, 11) is 1.50. The minimum Gasteiger partial charge on any atom is -0.468 e. The molecule has 0 aromatic heterocycles. The van der Waals surface area contributed by atoms with Crippen LogP contribution in [0.5, 0.6) is 0 Å². The molecule has 3 nitrogen and oxygen atoms in total. The number of ether oxygens (including phenoxy) is 1. The van der Waals surface area contributed by atoms with Crippen molar-refractivity contribution < 1.29 is 9.53 Å². The molecule has 98 valence electrons. The molecular formula is C14H25NO2. The van der Waals surface area contributed by atoms with Crippen LogP contribution in [0.1, 0.15) is 57.8 Å². The maximum absolute atomic E-state index is 11.8. The Labute approximate surface area is 104 Å². The quantitative estimate of drug-likeness (QED) is 0.750. The summed E-state index contributed by atoms with van der Waals surface area (Å²) in [5, 5.41) is 3.52. The second-order valence-corrected chi connectivity index (χ2v) is 5.61. The van der Waals surface area contributed by atoms with E-state index in [2.05, 4.69) is 5.32 Å². The topological polar surface area (TPSA) is 38.3 Å². The van der Waals surface area contributed by atoms with Crippen LogP contribution in [0.2, 0.25) is 0 Å². The van der Waals surface area contributed by atoms with Gasteiger partial charge in [-0.05, 0) is 25.2 Å². The van der Waals surface area contributed by atoms with E-state index in [1.165, 1.54) is 58.5 Å². The fourth-order valence-corrected chi connectivity index (χ4v) is 3.33. The smallest absolute Gasteiger partial charge is 0.322 e. The second kappa shape index (κ2) is 6.39. The van der Waals surface area contributed by atoms with Crippen LogP contribution < -0.4 is 5.32 Å². The van der Waals surface area contributed by atoms with E-state index in [1.54, 1.807) is 0 Å². The highest BCUT2D eigenvalue weighted by Crippen LogP contribution is 2.29. The van der Waals surface area contributed by atoms with Gasteiger partial charge in [0.2, 0.25) is 0 Å². The standard InChI is InChI=1S/C14H25NO2/c1-17-14(16)13(10-11-6-2-3-7-11)15-12-8-4-5-9-12/h11-13,15H,2-10H2,1H3/t13-/m1/s1. The maximum atomic E-state index is 11.8. The van der Waals surface area contributed by atoms with Crippen LogP contribution in [0.15, 0.2) is 0 Å². The van der Waals surface area contributed by atoms with Crippen LogP contribution in [-0.2, 0) is 9.53 Å². The van der Waals surface area contributed by atoms with Crippen LogP contribution in [0.4, 0.5) is 0 Å². The summed E-state index contributed by atoms with van der Waals surface area (Å²) in [5.74, 6) is 0.664. The first-order valence-electron chi connectivity index (χ1n) is 7.13. The van der Waals surface area contributed by atoms with E-state index in [9.17, 15) is 4.79 Å². The minimum absolute atomic E-state index is 0.0637. The Bertz CT molecular complexity index is 225. The fraction of sp³-hybridized carbons (Fsp3) is 0.929. The largest absolute Gasteiger partial charge is 0.468 e. The van der Waals surface area contributed by atoms with Crippen LogP contribution in [0.3, 0.4) is 0 Å². The lowest BCUT2D eigenvalue weighted by atomic mass is 9.97. The van der Waals surface area contributed by atoms with Gasteiger partial charge in [-0.3, -0.25) is 4.79 Å². The third kappa shape index (κ3) is 3.70. The summed E-state index contributed by atoms with van der Waals surface area (Å²) < 4.78 is 4.93. The molecule has 2 aliphatic rings. The van der Waals surface area contributed by atoms with Crippen molar-refractivity contribution in [2.75, 3.05) is 7.11 Å². The van der Waals surface area contributed by atoms with Gasteiger partial charge in [0.05, 0.1) is 7.11 Å². The zero-order chi connectivity index (χ0) is 12.1. The van der Waals surface area contributed by atoms with Gasteiger partial charge in [-0.15, -0.1) is 0 Å². The molecule has 0 heterocycles. The lowest BCUT2D eigenvalue weighted by molar-refractivity contribution is -0.143. The molecule has 0 aromatic carbocycles. The Hall–Kier alpha value is -0.570. The first-order chi connectivity index (χ1) is 8.29. The first kappa shape index (κ1) is 12.9. The number of esters is 1. The van der Waals surface area contributed by atoms with Crippen LogP contribution in [-0.4, -0.2) is 25.2 Å². The highest BCUT2D eigenvalue weighted by atomic mass is 16.5. The van der Waals surface area contributed by atoms with E-state index in [0.29, 0.717) is 6.04 Å². The van der Waals surface area contributed by atoms with Crippen molar-refractivity contribution in [1.29, 1.82) is 0 Å². The average Bonchev–Trinajstić information content (AvgIpc) is 3.00. The number of hydrogen-bond acceptors (Lipinski definition) is 3. The SMILES string of the molecule is COC(=O)[C@@H](CC1CCCC1)NC1CCCC1. The second-order valence-electron chi connectivity index (χ2n) is 5.61. The molecule has 2 saturated carbocycles. The third-order valence-corrected chi connectivity index (χ3v) is 4.32. The van der Waals surface area contributed by atoms with Crippen molar-refractivity contribution in [1.82, 2.24) is 5.32 Å². The molecule has 0 saturated heterocycles. The maximum Gasteiger partial charge on any atom is 0.322 e. The fourth-order valence-electron chi connectivity index (χ4n) is 3.33. The summed E-state index contributed by atoms with van der Waals surface area (Å²) in [6.45, 7) is 0. The van der Waals surface area contributed by atoms with Crippen LogP contribution in [0, 0.1) is 5.92 Å². The first-order valence-corrected chi connectivity index (χ1v) is 7.13. The van der Waals surface area contributed by atoms with Gasteiger partial charge in [0.15, 0.2) is 0 Å². The summed E-state index contributed by atoms with van der Waals surface area (Å²) in [4.78, 5) is 11.8. The molecule has 0 amide bonds. The van der Waals surface area contributed by atoms with E-state index in [0.717, 1.165) is 12.3 Å². The Morgan fingerprint density at radius 3 is 2.35 bits per heavy atom. The van der Waals surface area contributed by atoms with Gasteiger partial charge >= 0.3 is 5.97 Å². The number of rotatable bonds is 5. The molecule has 0 spiro atoms. The summed E-state index contributed by atoms with van der Waals surface area (Å²) >= 11 is 0. The van der Waals surface area contributed by atoms with E-state index in [-0.39, 0.29) is 12.0 Å². The molecule has 2 fully saturated rings. The number of nitrogens with one attached hydrogen (secondary N) is 1. The van der Waals surface area contributed by atoms with Gasteiger partial charge in [-0.1, -0.05) is 38.5 Å². The molecule has 17 heavy (non-hydrogen) atoms. The zero-order valence-electron chi connectivity index (χ0n) is 10.9.